The van der Waals surface area contributed by atoms with Gasteiger partial charge in [-0.05, 0) is 46.5 Å². The molecule has 3 nitrogen and oxygen atoms in total. The Morgan fingerprint density at radius 3 is 1.92 bits per heavy atom. The molecule has 5 rings (SSSR count). The maximum Gasteiger partial charge on any atom is 0.122 e. The first-order chi connectivity index (χ1) is 11.9. The van der Waals surface area contributed by atoms with Gasteiger partial charge in [0.2, 0.25) is 0 Å². The number of hydrogen-bond acceptors (Lipinski definition) is 3. The van der Waals surface area contributed by atoms with E-state index in [1.807, 2.05) is 6.07 Å². The molecule has 24 heavy (non-hydrogen) atoms. The SMILES string of the molecule is c1coc(C(c2ccc3c(c2)CCO3)c2ccc3c(c2)CCO3)c1. The molecule has 0 bridgehead atoms. The number of furan rings is 1. The molecule has 3 heterocycles. The Hall–Kier alpha value is -2.68. The molecule has 2 aromatic carbocycles. The first kappa shape index (κ1) is 13.7. The molecule has 0 unspecified atom stereocenters. The molecule has 0 atom stereocenters. The van der Waals surface area contributed by atoms with E-state index in [-0.39, 0.29) is 5.92 Å². The zero-order chi connectivity index (χ0) is 15.9. The summed E-state index contributed by atoms with van der Waals surface area (Å²) in [5, 5.41) is 0. The van der Waals surface area contributed by atoms with E-state index >= 15 is 0 Å². The predicted molar refractivity (Wildman–Crippen MR) is 90.9 cm³/mol. The lowest BCUT2D eigenvalue weighted by Crippen LogP contribution is -2.03. The van der Waals surface area contributed by atoms with E-state index in [1.165, 1.54) is 22.3 Å². The van der Waals surface area contributed by atoms with E-state index in [4.69, 9.17) is 13.9 Å². The smallest absolute Gasteiger partial charge is 0.122 e. The van der Waals surface area contributed by atoms with Crippen LogP contribution >= 0.6 is 0 Å². The third-order valence-corrected chi connectivity index (χ3v) is 4.92. The molecule has 0 spiro atoms. The van der Waals surface area contributed by atoms with Crippen molar-refractivity contribution in [1.29, 1.82) is 0 Å². The standard InChI is InChI=1S/C21H18O3/c1-2-20(22-9-1)21(16-3-5-18-14(12-16)7-10-23-18)17-4-6-19-15(13-17)8-11-24-19/h1-6,9,12-13,21H,7-8,10-11H2. The molecule has 0 saturated heterocycles. The fourth-order valence-electron chi connectivity index (χ4n) is 3.75. The molecule has 0 radical (unpaired) electrons. The molecule has 1 aromatic heterocycles. The summed E-state index contributed by atoms with van der Waals surface area (Å²) in [7, 11) is 0. The minimum Gasteiger partial charge on any atom is -0.493 e. The van der Waals surface area contributed by atoms with Gasteiger partial charge in [0.25, 0.3) is 0 Å². The van der Waals surface area contributed by atoms with E-state index in [9.17, 15) is 0 Å². The zero-order valence-corrected chi connectivity index (χ0v) is 13.3. The van der Waals surface area contributed by atoms with Gasteiger partial charge in [-0.1, -0.05) is 24.3 Å². The fourth-order valence-corrected chi connectivity index (χ4v) is 3.75. The second-order valence-electron chi connectivity index (χ2n) is 6.38. The molecule has 3 aromatic rings. The van der Waals surface area contributed by atoms with Crippen LogP contribution in [0.15, 0.2) is 59.2 Å². The van der Waals surface area contributed by atoms with Gasteiger partial charge in [0.05, 0.1) is 25.4 Å². The molecule has 2 aliphatic rings. The molecule has 120 valence electrons. The topological polar surface area (TPSA) is 31.6 Å². The third-order valence-electron chi connectivity index (χ3n) is 4.92. The molecule has 0 amide bonds. The minimum absolute atomic E-state index is 0.0943. The van der Waals surface area contributed by atoms with Crippen molar-refractivity contribution in [2.75, 3.05) is 13.2 Å². The van der Waals surface area contributed by atoms with Crippen LogP contribution in [0.2, 0.25) is 0 Å². The molecule has 0 fully saturated rings. The lowest BCUT2D eigenvalue weighted by molar-refractivity contribution is 0.356. The van der Waals surface area contributed by atoms with Gasteiger partial charge in [-0.15, -0.1) is 0 Å². The fraction of sp³-hybridized carbons (Fsp3) is 0.238. The van der Waals surface area contributed by atoms with Gasteiger partial charge in [-0.2, -0.15) is 0 Å². The summed E-state index contributed by atoms with van der Waals surface area (Å²) in [6.07, 6.45) is 3.70. The van der Waals surface area contributed by atoms with Crippen molar-refractivity contribution in [3.63, 3.8) is 0 Å². The molecular formula is C21H18O3. The summed E-state index contributed by atoms with van der Waals surface area (Å²) in [5.74, 6) is 3.09. The largest absolute Gasteiger partial charge is 0.493 e. The Morgan fingerprint density at radius 2 is 1.38 bits per heavy atom. The van der Waals surface area contributed by atoms with Crippen LogP contribution in [-0.4, -0.2) is 13.2 Å². The molecular weight excluding hydrogens is 300 g/mol. The van der Waals surface area contributed by atoms with Gasteiger partial charge < -0.3 is 13.9 Å². The number of rotatable bonds is 3. The van der Waals surface area contributed by atoms with E-state index in [0.29, 0.717) is 0 Å². The van der Waals surface area contributed by atoms with Gasteiger partial charge >= 0.3 is 0 Å². The van der Waals surface area contributed by atoms with Gasteiger partial charge in [-0.25, -0.2) is 0 Å². The average molecular weight is 318 g/mol. The van der Waals surface area contributed by atoms with Crippen LogP contribution in [0.25, 0.3) is 0 Å². The normalized spacial score (nSPS) is 15.0. The number of benzene rings is 2. The first-order valence-electron chi connectivity index (χ1n) is 8.43. The van der Waals surface area contributed by atoms with Crippen molar-refractivity contribution in [3.8, 4) is 11.5 Å². The van der Waals surface area contributed by atoms with Crippen molar-refractivity contribution in [2.24, 2.45) is 0 Å². The Balaban J connectivity index is 1.63. The van der Waals surface area contributed by atoms with Crippen LogP contribution < -0.4 is 9.47 Å². The van der Waals surface area contributed by atoms with Crippen molar-refractivity contribution in [2.45, 2.75) is 18.8 Å². The average Bonchev–Trinajstić information content (AvgIpc) is 3.36. The highest BCUT2D eigenvalue weighted by Crippen LogP contribution is 2.38. The van der Waals surface area contributed by atoms with Crippen LogP contribution in [-0.2, 0) is 12.8 Å². The van der Waals surface area contributed by atoms with E-state index in [2.05, 4.69) is 42.5 Å². The molecule has 0 aliphatic carbocycles. The van der Waals surface area contributed by atoms with Gasteiger partial charge in [0.15, 0.2) is 0 Å². The highest BCUT2D eigenvalue weighted by atomic mass is 16.5. The molecule has 2 aliphatic heterocycles. The van der Waals surface area contributed by atoms with Crippen molar-refractivity contribution >= 4 is 0 Å². The summed E-state index contributed by atoms with van der Waals surface area (Å²) in [6, 6.07) is 17.0. The quantitative estimate of drug-likeness (QED) is 0.720. The van der Waals surface area contributed by atoms with Gasteiger partial charge in [0, 0.05) is 12.8 Å². The van der Waals surface area contributed by atoms with E-state index in [1.54, 1.807) is 6.26 Å². The summed E-state index contributed by atoms with van der Waals surface area (Å²) in [4.78, 5) is 0. The third kappa shape index (κ3) is 2.20. The number of fused-ring (bicyclic) bond motifs is 2. The Bertz CT molecular complexity index is 823. The minimum atomic E-state index is 0.0943. The summed E-state index contributed by atoms with van der Waals surface area (Å²) in [5.41, 5.74) is 5.06. The number of hydrogen-bond donors (Lipinski definition) is 0. The second kappa shape index (κ2) is 5.45. The van der Waals surface area contributed by atoms with Gasteiger partial charge in [0.1, 0.15) is 17.3 Å². The predicted octanol–water partition coefficient (Wildman–Crippen LogP) is 4.33. The molecule has 0 saturated carbocycles. The summed E-state index contributed by atoms with van der Waals surface area (Å²) >= 11 is 0. The Kier molecular flexibility index (Phi) is 3.12. The van der Waals surface area contributed by atoms with Crippen LogP contribution in [0.5, 0.6) is 11.5 Å². The highest BCUT2D eigenvalue weighted by Gasteiger charge is 2.24. The second-order valence-corrected chi connectivity index (χ2v) is 6.38. The lowest BCUT2D eigenvalue weighted by Gasteiger charge is -2.17. The van der Waals surface area contributed by atoms with Crippen LogP contribution in [0, 0.1) is 0 Å². The molecule has 3 heteroatoms. The Labute approximate surface area is 140 Å². The van der Waals surface area contributed by atoms with E-state index in [0.717, 1.165) is 43.3 Å². The van der Waals surface area contributed by atoms with Crippen molar-refractivity contribution in [3.05, 3.63) is 82.8 Å². The van der Waals surface area contributed by atoms with Crippen molar-refractivity contribution < 1.29 is 13.9 Å². The first-order valence-corrected chi connectivity index (χ1v) is 8.43. The monoisotopic (exact) mass is 318 g/mol. The van der Waals surface area contributed by atoms with Gasteiger partial charge in [-0.3, -0.25) is 0 Å². The van der Waals surface area contributed by atoms with E-state index < -0.39 is 0 Å². The van der Waals surface area contributed by atoms with Crippen molar-refractivity contribution in [1.82, 2.24) is 0 Å². The van der Waals surface area contributed by atoms with Crippen LogP contribution in [0.4, 0.5) is 0 Å². The van der Waals surface area contributed by atoms with Crippen LogP contribution in [0.3, 0.4) is 0 Å². The highest BCUT2D eigenvalue weighted by molar-refractivity contribution is 5.49. The summed E-state index contributed by atoms with van der Waals surface area (Å²) < 4.78 is 17.1. The summed E-state index contributed by atoms with van der Waals surface area (Å²) in [6.45, 7) is 1.56. The van der Waals surface area contributed by atoms with Crippen LogP contribution in [0.1, 0.15) is 33.9 Å². The number of ether oxygens (including phenoxy) is 2. The molecule has 0 N–H and O–H groups in total. The zero-order valence-electron chi connectivity index (χ0n) is 13.3. The Morgan fingerprint density at radius 1 is 0.750 bits per heavy atom. The maximum absolute atomic E-state index is 5.78. The lowest BCUT2D eigenvalue weighted by atomic mass is 9.87. The maximum atomic E-state index is 5.78.